The Kier molecular flexibility index (Phi) is 6.71. The molecule has 0 radical (unpaired) electrons. The van der Waals surface area contributed by atoms with E-state index in [0.717, 1.165) is 6.54 Å². The molecule has 1 nitrogen and oxygen atoms in total. The molecular weight excluding hydrogens is 238 g/mol. The van der Waals surface area contributed by atoms with Gasteiger partial charge in [-0.1, -0.05) is 43.2 Å². The molecule has 0 aliphatic rings. The molecule has 0 spiro atoms. The van der Waals surface area contributed by atoms with Crippen molar-refractivity contribution in [2.24, 2.45) is 0 Å². The zero-order valence-electron chi connectivity index (χ0n) is 8.51. The number of hydrogen-bond acceptors (Lipinski definition) is 1. The van der Waals surface area contributed by atoms with Gasteiger partial charge in [0.1, 0.15) is 0 Å². The van der Waals surface area contributed by atoms with Crippen molar-refractivity contribution in [3.05, 3.63) is 35.9 Å². The van der Waals surface area contributed by atoms with E-state index in [1.165, 1.54) is 37.7 Å². The van der Waals surface area contributed by atoms with E-state index in [2.05, 4.69) is 50.8 Å². The van der Waals surface area contributed by atoms with Crippen LogP contribution in [-0.2, 0) is 6.42 Å². The van der Waals surface area contributed by atoms with E-state index in [0.29, 0.717) is 0 Å². The second-order valence-electron chi connectivity index (χ2n) is 3.53. The summed E-state index contributed by atoms with van der Waals surface area (Å²) in [6, 6.07) is 10.7. The van der Waals surface area contributed by atoms with Crippen LogP contribution in [0.3, 0.4) is 0 Å². The molecule has 1 rings (SSSR count). The molecule has 78 valence electrons. The second-order valence-corrected chi connectivity index (χ2v) is 4.09. The van der Waals surface area contributed by atoms with Crippen LogP contribution in [0.15, 0.2) is 30.3 Å². The molecule has 0 bridgehead atoms. The van der Waals surface area contributed by atoms with Crippen LogP contribution in [0.4, 0.5) is 0 Å². The number of halogens is 1. The van der Waals surface area contributed by atoms with Crippen LogP contribution >= 0.6 is 16.1 Å². The lowest BCUT2D eigenvalue weighted by molar-refractivity contribution is 0.639. The van der Waals surface area contributed by atoms with Crippen LogP contribution in [0.1, 0.15) is 31.2 Å². The average molecular weight is 256 g/mol. The molecule has 0 heterocycles. The summed E-state index contributed by atoms with van der Waals surface area (Å²) >= 11 is 3.21. The van der Waals surface area contributed by atoms with Crippen molar-refractivity contribution in [3.8, 4) is 0 Å². The van der Waals surface area contributed by atoms with E-state index in [-0.39, 0.29) is 0 Å². The fourth-order valence-corrected chi connectivity index (χ4v) is 1.80. The van der Waals surface area contributed by atoms with E-state index in [9.17, 15) is 0 Å². The van der Waals surface area contributed by atoms with Crippen LogP contribution in [0.2, 0.25) is 0 Å². The largest absolute Gasteiger partial charge is 0.256 e. The SMILES string of the molecule is BrNCCCCCCc1ccccc1. The van der Waals surface area contributed by atoms with Crippen molar-refractivity contribution >= 4 is 16.1 Å². The number of rotatable bonds is 7. The van der Waals surface area contributed by atoms with Crippen molar-refractivity contribution in [2.45, 2.75) is 32.1 Å². The Hall–Kier alpha value is -0.340. The highest BCUT2D eigenvalue weighted by Gasteiger charge is 1.92. The minimum absolute atomic E-state index is 1.07. The van der Waals surface area contributed by atoms with Gasteiger partial charge in [0.05, 0.1) is 0 Å². The zero-order chi connectivity index (χ0) is 10.1. The van der Waals surface area contributed by atoms with E-state index in [1.54, 1.807) is 0 Å². The predicted octanol–water partition coefficient (Wildman–Crippen LogP) is 3.69. The monoisotopic (exact) mass is 255 g/mol. The Labute approximate surface area is 95.2 Å². The topological polar surface area (TPSA) is 12.0 Å². The molecule has 0 aromatic heterocycles. The van der Waals surface area contributed by atoms with Gasteiger partial charge in [-0.2, -0.15) is 0 Å². The third kappa shape index (κ3) is 5.40. The highest BCUT2D eigenvalue weighted by molar-refractivity contribution is 9.08. The summed E-state index contributed by atoms with van der Waals surface area (Å²) in [5, 5.41) is 0. The molecule has 1 N–H and O–H groups in total. The second kappa shape index (κ2) is 8.01. The molecule has 2 heteroatoms. The molecule has 0 saturated carbocycles. The van der Waals surface area contributed by atoms with E-state index < -0.39 is 0 Å². The molecule has 0 saturated heterocycles. The summed E-state index contributed by atoms with van der Waals surface area (Å²) in [6.07, 6.45) is 6.46. The number of unbranched alkanes of at least 4 members (excludes halogenated alkanes) is 3. The molecular formula is C12H18BrN. The first-order valence-electron chi connectivity index (χ1n) is 5.31. The highest BCUT2D eigenvalue weighted by Crippen LogP contribution is 2.07. The van der Waals surface area contributed by atoms with Gasteiger partial charge in [0.2, 0.25) is 0 Å². The summed E-state index contributed by atoms with van der Waals surface area (Å²) in [6.45, 7) is 1.07. The smallest absolute Gasteiger partial charge is 0.00875 e. The Balaban J connectivity index is 1.99. The maximum Gasteiger partial charge on any atom is 0.00875 e. The minimum Gasteiger partial charge on any atom is -0.256 e. The van der Waals surface area contributed by atoms with Crippen molar-refractivity contribution in [1.82, 2.24) is 4.34 Å². The fraction of sp³-hybridized carbons (Fsp3) is 0.500. The van der Waals surface area contributed by atoms with Gasteiger partial charge in [-0.25, -0.2) is 0 Å². The first-order valence-corrected chi connectivity index (χ1v) is 6.10. The van der Waals surface area contributed by atoms with Gasteiger partial charge in [0.25, 0.3) is 0 Å². The maximum absolute atomic E-state index is 3.21. The molecule has 0 aliphatic carbocycles. The van der Waals surface area contributed by atoms with Crippen LogP contribution < -0.4 is 4.34 Å². The number of benzene rings is 1. The fourth-order valence-electron chi connectivity index (χ4n) is 1.52. The summed E-state index contributed by atoms with van der Waals surface area (Å²) in [5.41, 5.74) is 1.46. The standard InChI is InChI=1S/C12H18BrN/c13-14-11-7-2-1-4-8-12-9-5-3-6-10-12/h3,5-6,9-10,14H,1-2,4,7-8,11H2. The van der Waals surface area contributed by atoms with Gasteiger partial charge in [0.15, 0.2) is 0 Å². The lowest BCUT2D eigenvalue weighted by atomic mass is 10.1. The minimum atomic E-state index is 1.07. The van der Waals surface area contributed by atoms with Gasteiger partial charge >= 0.3 is 0 Å². The molecule has 0 aliphatic heterocycles. The third-order valence-electron chi connectivity index (χ3n) is 2.33. The predicted molar refractivity (Wildman–Crippen MR) is 65.5 cm³/mol. The van der Waals surface area contributed by atoms with Crippen molar-refractivity contribution in [2.75, 3.05) is 6.54 Å². The molecule has 0 fully saturated rings. The highest BCUT2D eigenvalue weighted by atomic mass is 79.9. The van der Waals surface area contributed by atoms with Gasteiger partial charge in [-0.3, -0.25) is 4.34 Å². The molecule has 0 amide bonds. The Bertz CT molecular complexity index is 223. The van der Waals surface area contributed by atoms with Crippen LogP contribution in [0.25, 0.3) is 0 Å². The Morgan fingerprint density at radius 1 is 0.929 bits per heavy atom. The van der Waals surface area contributed by atoms with E-state index in [4.69, 9.17) is 0 Å². The molecule has 1 aromatic rings. The van der Waals surface area contributed by atoms with Crippen molar-refractivity contribution < 1.29 is 0 Å². The molecule has 14 heavy (non-hydrogen) atoms. The zero-order valence-corrected chi connectivity index (χ0v) is 10.1. The van der Waals surface area contributed by atoms with Gasteiger partial charge in [-0.05, 0) is 24.8 Å². The third-order valence-corrected chi connectivity index (χ3v) is 2.73. The van der Waals surface area contributed by atoms with Gasteiger partial charge in [-0.15, -0.1) is 0 Å². The quantitative estimate of drug-likeness (QED) is 0.579. The number of hydrogen-bond donors (Lipinski definition) is 1. The van der Waals surface area contributed by atoms with Crippen LogP contribution in [0.5, 0.6) is 0 Å². The van der Waals surface area contributed by atoms with Crippen LogP contribution in [0, 0.1) is 0 Å². The summed E-state index contributed by atoms with van der Waals surface area (Å²) in [5.74, 6) is 0. The van der Waals surface area contributed by atoms with E-state index in [1.807, 2.05) is 0 Å². The molecule has 1 aromatic carbocycles. The molecule has 0 unspecified atom stereocenters. The number of nitrogens with one attached hydrogen (secondary N) is 1. The summed E-state index contributed by atoms with van der Waals surface area (Å²) in [4.78, 5) is 0. The van der Waals surface area contributed by atoms with Crippen LogP contribution in [-0.4, -0.2) is 6.54 Å². The lowest BCUT2D eigenvalue weighted by Crippen LogP contribution is -1.99. The average Bonchev–Trinajstić information content (AvgIpc) is 2.25. The Morgan fingerprint density at radius 2 is 1.64 bits per heavy atom. The maximum atomic E-state index is 3.21. The number of aryl methyl sites for hydroxylation is 1. The molecule has 0 atom stereocenters. The lowest BCUT2D eigenvalue weighted by Gasteiger charge is -2.01. The first kappa shape index (κ1) is 11.7. The normalized spacial score (nSPS) is 10.4. The van der Waals surface area contributed by atoms with Crippen molar-refractivity contribution in [3.63, 3.8) is 0 Å². The van der Waals surface area contributed by atoms with E-state index >= 15 is 0 Å². The summed E-state index contributed by atoms with van der Waals surface area (Å²) in [7, 11) is 0. The van der Waals surface area contributed by atoms with Crippen molar-refractivity contribution in [1.29, 1.82) is 0 Å². The van der Waals surface area contributed by atoms with Gasteiger partial charge < -0.3 is 0 Å². The first-order chi connectivity index (χ1) is 6.93. The van der Waals surface area contributed by atoms with Gasteiger partial charge in [0, 0.05) is 22.7 Å². The Morgan fingerprint density at radius 3 is 2.36 bits per heavy atom. The summed E-state index contributed by atoms with van der Waals surface area (Å²) < 4.78 is 2.99.